The van der Waals surface area contributed by atoms with Crippen molar-refractivity contribution in [3.8, 4) is 11.5 Å². The van der Waals surface area contributed by atoms with Crippen molar-refractivity contribution in [2.75, 3.05) is 17.1 Å². The Morgan fingerprint density at radius 1 is 0.886 bits per heavy atom. The van der Waals surface area contributed by atoms with E-state index in [0.717, 1.165) is 0 Å². The smallest absolute Gasteiger partial charge is 0.291 e. The number of methoxy groups -OCH3 is 1. The van der Waals surface area contributed by atoms with Gasteiger partial charge in [-0.05, 0) is 73.2 Å². The maximum Gasteiger partial charge on any atom is 0.291 e. The van der Waals surface area contributed by atoms with Crippen LogP contribution in [0.25, 0.3) is 0 Å². The molecule has 0 aliphatic rings. The van der Waals surface area contributed by atoms with Crippen LogP contribution >= 0.6 is 0 Å². The van der Waals surface area contributed by atoms with Crippen molar-refractivity contribution in [1.29, 1.82) is 0 Å². The van der Waals surface area contributed by atoms with Gasteiger partial charge in [0, 0.05) is 11.4 Å². The molecular formula is C26H24N2O6S. The maximum atomic E-state index is 13.0. The van der Waals surface area contributed by atoms with E-state index in [-0.39, 0.29) is 17.3 Å². The minimum Gasteiger partial charge on any atom is -0.497 e. The average molecular weight is 493 g/mol. The van der Waals surface area contributed by atoms with E-state index in [1.807, 2.05) is 30.3 Å². The maximum absolute atomic E-state index is 13.0. The molecule has 9 heteroatoms. The molecule has 0 radical (unpaired) electrons. The van der Waals surface area contributed by atoms with E-state index in [0.29, 0.717) is 34.2 Å². The fourth-order valence-corrected chi connectivity index (χ4v) is 4.61. The summed E-state index contributed by atoms with van der Waals surface area (Å²) in [5, 5.41) is 2.68. The second-order valence-corrected chi connectivity index (χ2v) is 9.29. The summed E-state index contributed by atoms with van der Waals surface area (Å²) in [6, 6.07) is 23.6. The van der Waals surface area contributed by atoms with Gasteiger partial charge in [0.15, 0.2) is 5.76 Å². The SMILES string of the molecule is COc1ccc(NS(=O)(=O)c2cc(NC(=O)c3ccc(COc4ccccc4)o3)ccc2C)cc1. The number of rotatable bonds is 9. The highest BCUT2D eigenvalue weighted by Gasteiger charge is 2.19. The first kappa shape index (κ1) is 23.9. The Labute approximate surface area is 203 Å². The van der Waals surface area contributed by atoms with Crippen molar-refractivity contribution in [2.45, 2.75) is 18.4 Å². The number of amides is 1. The third kappa shape index (κ3) is 6.01. The minimum atomic E-state index is -3.90. The van der Waals surface area contributed by atoms with Gasteiger partial charge in [0.05, 0.1) is 12.0 Å². The molecule has 0 aliphatic carbocycles. The highest BCUT2D eigenvalue weighted by atomic mass is 32.2. The number of ether oxygens (including phenoxy) is 2. The van der Waals surface area contributed by atoms with Crippen molar-refractivity contribution in [3.05, 3.63) is 102 Å². The standard InChI is InChI=1S/C26H24N2O6S/c1-18-8-9-20(16-25(18)35(30,31)28-19-10-12-21(32-2)13-11-19)27-26(29)24-15-14-23(34-24)17-33-22-6-4-3-5-7-22/h3-16,28H,17H2,1-2H3,(H,27,29). The molecule has 180 valence electrons. The molecule has 1 aromatic heterocycles. The number of furan rings is 1. The number of hydrogen-bond acceptors (Lipinski definition) is 6. The molecule has 0 fully saturated rings. The zero-order valence-electron chi connectivity index (χ0n) is 19.1. The fourth-order valence-electron chi connectivity index (χ4n) is 3.28. The number of carbonyl (C=O) groups excluding carboxylic acids is 1. The van der Waals surface area contributed by atoms with E-state index >= 15 is 0 Å². The van der Waals surface area contributed by atoms with Crippen LogP contribution in [-0.4, -0.2) is 21.4 Å². The van der Waals surface area contributed by atoms with Crippen molar-refractivity contribution in [3.63, 3.8) is 0 Å². The molecule has 4 rings (SSSR count). The lowest BCUT2D eigenvalue weighted by molar-refractivity contribution is 0.0992. The monoisotopic (exact) mass is 492 g/mol. The average Bonchev–Trinajstić information content (AvgIpc) is 3.34. The van der Waals surface area contributed by atoms with Gasteiger partial charge in [-0.2, -0.15) is 0 Å². The Bertz CT molecular complexity index is 1410. The zero-order chi connectivity index (χ0) is 24.8. The first-order chi connectivity index (χ1) is 16.8. The lowest BCUT2D eigenvalue weighted by atomic mass is 10.2. The second-order valence-electron chi connectivity index (χ2n) is 7.64. The molecule has 0 aliphatic heterocycles. The first-order valence-electron chi connectivity index (χ1n) is 10.7. The fraction of sp³-hybridized carbons (Fsp3) is 0.115. The molecule has 3 aromatic carbocycles. The Morgan fingerprint density at radius 3 is 2.31 bits per heavy atom. The van der Waals surface area contributed by atoms with Crippen LogP contribution < -0.4 is 19.5 Å². The van der Waals surface area contributed by atoms with Crippen LogP contribution in [0.15, 0.2) is 94.2 Å². The summed E-state index contributed by atoms with van der Waals surface area (Å²) in [4.78, 5) is 12.7. The van der Waals surface area contributed by atoms with Crippen molar-refractivity contribution in [2.24, 2.45) is 0 Å². The quantitative estimate of drug-likeness (QED) is 0.331. The molecule has 0 saturated carbocycles. The summed E-state index contributed by atoms with van der Waals surface area (Å²) in [5.74, 6) is 1.35. The molecule has 2 N–H and O–H groups in total. The van der Waals surface area contributed by atoms with E-state index in [9.17, 15) is 13.2 Å². The molecule has 0 saturated heterocycles. The number of nitrogens with one attached hydrogen (secondary N) is 2. The summed E-state index contributed by atoms with van der Waals surface area (Å²) in [6.45, 7) is 1.85. The van der Waals surface area contributed by atoms with E-state index in [2.05, 4.69) is 10.0 Å². The van der Waals surface area contributed by atoms with Gasteiger partial charge in [0.1, 0.15) is 23.9 Å². The van der Waals surface area contributed by atoms with Crippen LogP contribution in [0.3, 0.4) is 0 Å². The molecule has 0 bridgehead atoms. The number of hydrogen-bond donors (Lipinski definition) is 2. The Balaban J connectivity index is 1.44. The Kier molecular flexibility index (Phi) is 7.07. The van der Waals surface area contributed by atoms with Crippen molar-refractivity contribution in [1.82, 2.24) is 0 Å². The lowest BCUT2D eigenvalue weighted by Gasteiger charge is -2.13. The van der Waals surface area contributed by atoms with Gasteiger partial charge in [0.2, 0.25) is 0 Å². The molecule has 0 spiro atoms. The zero-order valence-corrected chi connectivity index (χ0v) is 20.0. The Morgan fingerprint density at radius 2 is 1.60 bits per heavy atom. The van der Waals surface area contributed by atoms with Crippen LogP contribution in [0, 0.1) is 6.92 Å². The number of sulfonamides is 1. The van der Waals surface area contributed by atoms with E-state index in [4.69, 9.17) is 13.9 Å². The topological polar surface area (TPSA) is 107 Å². The summed E-state index contributed by atoms with van der Waals surface area (Å²) in [7, 11) is -2.37. The summed E-state index contributed by atoms with van der Waals surface area (Å²) in [6.07, 6.45) is 0. The second kappa shape index (κ2) is 10.4. The van der Waals surface area contributed by atoms with Gasteiger partial charge in [0.25, 0.3) is 15.9 Å². The third-order valence-electron chi connectivity index (χ3n) is 5.09. The molecule has 1 heterocycles. The van der Waals surface area contributed by atoms with Crippen LogP contribution in [0.2, 0.25) is 0 Å². The van der Waals surface area contributed by atoms with Crippen LogP contribution in [0.4, 0.5) is 11.4 Å². The number of para-hydroxylation sites is 1. The molecule has 35 heavy (non-hydrogen) atoms. The molecule has 8 nitrogen and oxygen atoms in total. The predicted octanol–water partition coefficient (Wildman–Crippen LogP) is 5.23. The van der Waals surface area contributed by atoms with Gasteiger partial charge in [-0.3, -0.25) is 9.52 Å². The lowest BCUT2D eigenvalue weighted by Crippen LogP contribution is -2.16. The van der Waals surface area contributed by atoms with Crippen LogP contribution in [-0.2, 0) is 16.6 Å². The van der Waals surface area contributed by atoms with Crippen LogP contribution in [0.1, 0.15) is 21.9 Å². The number of carbonyl (C=O) groups is 1. The first-order valence-corrected chi connectivity index (χ1v) is 12.2. The van der Waals surface area contributed by atoms with Gasteiger partial charge in [-0.25, -0.2) is 8.42 Å². The molecule has 1 amide bonds. The summed E-state index contributed by atoms with van der Waals surface area (Å²) < 4.78 is 44.8. The van der Waals surface area contributed by atoms with E-state index in [1.165, 1.54) is 19.2 Å². The van der Waals surface area contributed by atoms with Crippen molar-refractivity contribution < 1.29 is 27.1 Å². The third-order valence-corrected chi connectivity index (χ3v) is 6.61. The number of aryl methyl sites for hydroxylation is 1. The normalized spacial score (nSPS) is 11.0. The molecule has 4 aromatic rings. The van der Waals surface area contributed by atoms with Crippen molar-refractivity contribution >= 4 is 27.3 Å². The molecular weight excluding hydrogens is 468 g/mol. The minimum absolute atomic E-state index is 0.0440. The highest BCUT2D eigenvalue weighted by molar-refractivity contribution is 7.92. The predicted molar refractivity (Wildman–Crippen MR) is 132 cm³/mol. The summed E-state index contributed by atoms with van der Waals surface area (Å²) >= 11 is 0. The van der Waals surface area contributed by atoms with E-state index < -0.39 is 15.9 Å². The highest BCUT2D eigenvalue weighted by Crippen LogP contribution is 2.25. The summed E-state index contributed by atoms with van der Waals surface area (Å²) in [5.41, 5.74) is 1.23. The number of anilines is 2. The van der Waals surface area contributed by atoms with Gasteiger partial charge in [-0.15, -0.1) is 0 Å². The van der Waals surface area contributed by atoms with E-state index in [1.54, 1.807) is 49.4 Å². The number of benzene rings is 3. The Hall–Kier alpha value is -4.24. The van der Waals surface area contributed by atoms with Gasteiger partial charge < -0.3 is 19.2 Å². The molecule has 0 atom stereocenters. The molecule has 0 unspecified atom stereocenters. The van der Waals surface area contributed by atoms with Crippen LogP contribution in [0.5, 0.6) is 11.5 Å². The largest absolute Gasteiger partial charge is 0.497 e. The van der Waals surface area contributed by atoms with Gasteiger partial charge >= 0.3 is 0 Å². The van der Waals surface area contributed by atoms with Gasteiger partial charge in [-0.1, -0.05) is 24.3 Å².